The molecule has 0 saturated carbocycles. The minimum absolute atomic E-state index is 0.172. The van der Waals surface area contributed by atoms with Gasteiger partial charge in [-0.3, -0.25) is 4.79 Å². The number of aliphatic carboxylic acids is 1. The van der Waals surface area contributed by atoms with Gasteiger partial charge in [0, 0.05) is 18.8 Å². The van der Waals surface area contributed by atoms with E-state index in [2.05, 4.69) is 32.6 Å². The summed E-state index contributed by atoms with van der Waals surface area (Å²) in [6.45, 7) is 10.3. The molecule has 0 aliphatic carbocycles. The number of carboxylic acids is 1. The normalized spacial score (nSPS) is 13.1. The molecule has 1 N–H and O–H groups in total. The van der Waals surface area contributed by atoms with E-state index in [0.717, 1.165) is 12.2 Å². The van der Waals surface area contributed by atoms with E-state index in [1.165, 1.54) is 0 Å². The minimum atomic E-state index is -0.746. The van der Waals surface area contributed by atoms with Crippen molar-refractivity contribution in [3.05, 3.63) is 30.3 Å². The van der Waals surface area contributed by atoms with Crippen molar-refractivity contribution >= 4 is 11.7 Å². The first-order valence-corrected chi connectivity index (χ1v) is 6.82. The summed E-state index contributed by atoms with van der Waals surface area (Å²) in [5, 5.41) is 8.88. The third-order valence-electron chi connectivity index (χ3n) is 3.69. The van der Waals surface area contributed by atoms with Crippen LogP contribution < -0.4 is 4.90 Å². The molecule has 19 heavy (non-hydrogen) atoms. The molecule has 0 saturated heterocycles. The van der Waals surface area contributed by atoms with Gasteiger partial charge in [-0.25, -0.2) is 0 Å². The van der Waals surface area contributed by atoms with Gasteiger partial charge < -0.3 is 10.0 Å². The summed E-state index contributed by atoms with van der Waals surface area (Å²) >= 11 is 0. The fraction of sp³-hybridized carbons (Fsp3) is 0.562. The Labute approximate surface area is 116 Å². The zero-order valence-electron chi connectivity index (χ0n) is 12.4. The van der Waals surface area contributed by atoms with E-state index in [1.54, 1.807) is 0 Å². The Hall–Kier alpha value is -1.51. The topological polar surface area (TPSA) is 40.5 Å². The Bertz CT molecular complexity index is 395. The Morgan fingerprint density at radius 2 is 1.84 bits per heavy atom. The van der Waals surface area contributed by atoms with Crippen molar-refractivity contribution in [3.63, 3.8) is 0 Å². The lowest BCUT2D eigenvalue weighted by atomic mass is 9.81. The van der Waals surface area contributed by atoms with Crippen molar-refractivity contribution in [2.24, 2.45) is 11.3 Å². The first-order chi connectivity index (χ1) is 8.80. The smallest absolute Gasteiger partial charge is 0.305 e. The highest BCUT2D eigenvalue weighted by Crippen LogP contribution is 2.27. The van der Waals surface area contributed by atoms with Crippen LogP contribution in [0.5, 0.6) is 0 Å². The molecule has 0 bridgehead atoms. The molecule has 0 heterocycles. The van der Waals surface area contributed by atoms with Crippen LogP contribution in [0.4, 0.5) is 5.69 Å². The van der Waals surface area contributed by atoms with Crippen LogP contribution in [0.15, 0.2) is 30.3 Å². The Morgan fingerprint density at radius 1 is 1.26 bits per heavy atom. The van der Waals surface area contributed by atoms with E-state index in [9.17, 15) is 4.79 Å². The number of anilines is 1. The molecule has 0 spiro atoms. The molecule has 0 aromatic heterocycles. The van der Waals surface area contributed by atoms with E-state index in [4.69, 9.17) is 5.11 Å². The number of carboxylic acid groups (broad SMARTS) is 1. The van der Waals surface area contributed by atoms with Crippen molar-refractivity contribution in [1.29, 1.82) is 0 Å². The summed E-state index contributed by atoms with van der Waals surface area (Å²) in [6, 6.07) is 10.0. The van der Waals surface area contributed by atoms with Crippen LogP contribution in [0.25, 0.3) is 0 Å². The summed E-state index contributed by atoms with van der Waals surface area (Å²) in [5.41, 5.74) is 1.32. The van der Waals surface area contributed by atoms with Gasteiger partial charge in [0.15, 0.2) is 0 Å². The number of hydrogen-bond acceptors (Lipinski definition) is 2. The van der Waals surface area contributed by atoms with E-state index in [1.807, 2.05) is 30.3 Å². The molecule has 106 valence electrons. The summed E-state index contributed by atoms with van der Waals surface area (Å²) in [5.74, 6) is -0.258. The summed E-state index contributed by atoms with van der Waals surface area (Å²) in [4.78, 5) is 13.0. The molecule has 1 unspecified atom stereocenters. The predicted molar refractivity (Wildman–Crippen MR) is 79.5 cm³/mol. The SMILES string of the molecule is CC(CN(CCC(=O)O)c1ccccc1)C(C)(C)C. The zero-order valence-corrected chi connectivity index (χ0v) is 12.4. The van der Waals surface area contributed by atoms with Gasteiger partial charge in [0.05, 0.1) is 6.42 Å². The van der Waals surface area contributed by atoms with Crippen LogP contribution in [-0.4, -0.2) is 24.2 Å². The number of carbonyl (C=O) groups is 1. The van der Waals surface area contributed by atoms with Crippen molar-refractivity contribution < 1.29 is 9.90 Å². The van der Waals surface area contributed by atoms with Crippen LogP contribution in [0.3, 0.4) is 0 Å². The van der Waals surface area contributed by atoms with E-state index in [-0.39, 0.29) is 11.8 Å². The Balaban J connectivity index is 2.78. The van der Waals surface area contributed by atoms with Gasteiger partial charge >= 0.3 is 5.97 Å². The van der Waals surface area contributed by atoms with E-state index < -0.39 is 5.97 Å². The lowest BCUT2D eigenvalue weighted by Gasteiger charge is -2.34. The maximum absolute atomic E-state index is 10.8. The fourth-order valence-electron chi connectivity index (χ4n) is 1.80. The summed E-state index contributed by atoms with van der Waals surface area (Å²) in [7, 11) is 0. The quantitative estimate of drug-likeness (QED) is 0.851. The van der Waals surface area contributed by atoms with Crippen LogP contribution in [0.2, 0.25) is 0 Å². The summed E-state index contributed by atoms with van der Waals surface area (Å²) < 4.78 is 0. The van der Waals surface area contributed by atoms with Gasteiger partial charge in [0.1, 0.15) is 0 Å². The maximum Gasteiger partial charge on any atom is 0.305 e. The molecule has 1 atom stereocenters. The first kappa shape index (κ1) is 15.5. The monoisotopic (exact) mass is 263 g/mol. The largest absolute Gasteiger partial charge is 0.481 e. The molecule has 0 aliphatic rings. The highest BCUT2D eigenvalue weighted by Gasteiger charge is 2.22. The number of benzene rings is 1. The molecule has 3 heteroatoms. The van der Waals surface area contributed by atoms with Crippen LogP contribution in [0.1, 0.15) is 34.1 Å². The third kappa shape index (κ3) is 5.33. The van der Waals surface area contributed by atoms with Crippen LogP contribution >= 0.6 is 0 Å². The number of rotatable bonds is 6. The maximum atomic E-state index is 10.8. The highest BCUT2D eigenvalue weighted by molar-refractivity contribution is 5.67. The van der Waals surface area contributed by atoms with Gasteiger partial charge in [-0.15, -0.1) is 0 Å². The lowest BCUT2D eigenvalue weighted by Crippen LogP contribution is -2.35. The van der Waals surface area contributed by atoms with Crippen molar-refractivity contribution in [1.82, 2.24) is 0 Å². The van der Waals surface area contributed by atoms with Crippen molar-refractivity contribution in [3.8, 4) is 0 Å². The molecular formula is C16H25NO2. The van der Waals surface area contributed by atoms with Crippen LogP contribution in [-0.2, 0) is 4.79 Å². The minimum Gasteiger partial charge on any atom is -0.481 e. The van der Waals surface area contributed by atoms with Gasteiger partial charge in [-0.2, -0.15) is 0 Å². The van der Waals surface area contributed by atoms with E-state index >= 15 is 0 Å². The molecule has 0 radical (unpaired) electrons. The number of nitrogens with zero attached hydrogens (tertiary/aromatic N) is 1. The Kier molecular flexibility index (Phi) is 5.40. The van der Waals surface area contributed by atoms with Crippen molar-refractivity contribution in [2.75, 3.05) is 18.0 Å². The molecule has 0 amide bonds. The predicted octanol–water partition coefficient (Wildman–Crippen LogP) is 3.65. The number of para-hydroxylation sites is 1. The van der Waals surface area contributed by atoms with Crippen molar-refractivity contribution in [2.45, 2.75) is 34.1 Å². The summed E-state index contributed by atoms with van der Waals surface area (Å²) in [6.07, 6.45) is 0.172. The third-order valence-corrected chi connectivity index (χ3v) is 3.69. The Morgan fingerprint density at radius 3 is 2.32 bits per heavy atom. The second-order valence-corrected chi connectivity index (χ2v) is 6.19. The second kappa shape index (κ2) is 6.60. The van der Waals surface area contributed by atoms with Crippen LogP contribution in [0, 0.1) is 11.3 Å². The molecule has 3 nitrogen and oxygen atoms in total. The van der Waals surface area contributed by atoms with Gasteiger partial charge in [-0.1, -0.05) is 45.9 Å². The first-order valence-electron chi connectivity index (χ1n) is 6.82. The number of hydrogen-bond donors (Lipinski definition) is 1. The molecule has 1 rings (SSSR count). The van der Waals surface area contributed by atoms with Gasteiger partial charge in [0.2, 0.25) is 0 Å². The lowest BCUT2D eigenvalue weighted by molar-refractivity contribution is -0.136. The fourth-order valence-corrected chi connectivity index (χ4v) is 1.80. The average molecular weight is 263 g/mol. The molecule has 0 fully saturated rings. The average Bonchev–Trinajstić information content (AvgIpc) is 2.33. The van der Waals surface area contributed by atoms with Gasteiger partial charge in [-0.05, 0) is 23.5 Å². The standard InChI is InChI=1S/C16H25NO2/c1-13(16(2,3)4)12-17(11-10-15(18)19)14-8-6-5-7-9-14/h5-9,13H,10-12H2,1-4H3,(H,18,19). The van der Waals surface area contributed by atoms with Gasteiger partial charge in [0.25, 0.3) is 0 Å². The molecule has 1 aromatic carbocycles. The van der Waals surface area contributed by atoms with E-state index in [0.29, 0.717) is 12.5 Å². The second-order valence-electron chi connectivity index (χ2n) is 6.19. The zero-order chi connectivity index (χ0) is 14.5. The molecule has 0 aliphatic heterocycles. The molecule has 1 aromatic rings. The highest BCUT2D eigenvalue weighted by atomic mass is 16.4. The molecular weight excluding hydrogens is 238 g/mol.